The van der Waals surface area contributed by atoms with Crippen molar-refractivity contribution in [1.29, 1.82) is 0 Å². The molecule has 0 aliphatic carbocycles. The number of rotatable bonds is 2. The summed E-state index contributed by atoms with van der Waals surface area (Å²) in [6.45, 7) is 2.93. The van der Waals surface area contributed by atoms with Gasteiger partial charge in [0.2, 0.25) is 0 Å². The first-order valence-electron chi connectivity index (χ1n) is 1.66. The van der Waals surface area contributed by atoms with Gasteiger partial charge in [0, 0.05) is 8.03 Å². The van der Waals surface area contributed by atoms with Gasteiger partial charge < -0.3 is 9.46 Å². The van der Waals surface area contributed by atoms with E-state index in [9.17, 15) is 13.8 Å². The molecule has 0 heterocycles. The van der Waals surface area contributed by atoms with Crippen molar-refractivity contribution >= 4 is 8.03 Å². The first-order valence-corrected chi connectivity index (χ1v) is 3.05. The summed E-state index contributed by atoms with van der Waals surface area (Å²) in [5.41, 5.74) is 0. The Hall–Kier alpha value is 1.50. The monoisotopic (exact) mass is 162 g/mol. The van der Waals surface area contributed by atoms with Gasteiger partial charge in [0.25, 0.3) is 0 Å². The van der Waals surface area contributed by atoms with E-state index in [0.717, 1.165) is 6.08 Å². The molecule has 0 radical (unpaired) electrons. The van der Waals surface area contributed by atoms with Crippen LogP contribution >= 0.6 is 8.03 Å². The second-order valence-corrected chi connectivity index (χ2v) is 2.15. The van der Waals surface area contributed by atoms with E-state index in [1.807, 2.05) is 0 Å². The summed E-state index contributed by atoms with van der Waals surface area (Å²) < 4.78 is 21.1. The van der Waals surface area contributed by atoms with Crippen molar-refractivity contribution in [2.45, 2.75) is 5.91 Å². The molecule has 0 saturated heterocycles. The quantitative estimate of drug-likeness (QED) is 0.252. The van der Waals surface area contributed by atoms with Gasteiger partial charge in [-0.3, -0.25) is 0 Å². The van der Waals surface area contributed by atoms with Gasteiger partial charge in [-0.15, -0.1) is 0 Å². The fourth-order valence-electron chi connectivity index (χ4n) is 0.0962. The van der Waals surface area contributed by atoms with Crippen LogP contribution in [0.3, 0.4) is 0 Å². The maximum absolute atomic E-state index is 11.6. The molecule has 0 aromatic rings. The molecule has 0 aliphatic rings. The van der Waals surface area contributed by atoms with Gasteiger partial charge in [-0.1, -0.05) is 12.7 Å². The van der Waals surface area contributed by atoms with E-state index in [-0.39, 0.29) is 51.4 Å². The van der Waals surface area contributed by atoms with Gasteiger partial charge in [-0.2, -0.15) is 0 Å². The third-order valence-corrected chi connectivity index (χ3v) is 1.12. The van der Waals surface area contributed by atoms with Crippen molar-refractivity contribution in [1.82, 2.24) is 0 Å². The van der Waals surface area contributed by atoms with Crippen molar-refractivity contribution < 1.29 is 65.2 Å². The molecule has 2 unspecified atom stereocenters. The number of allylic oxidation sites excluding steroid dienone is 1. The van der Waals surface area contributed by atoms with Crippen molar-refractivity contribution in [2.24, 2.45) is 0 Å². The second kappa shape index (κ2) is 6.61. The Morgan fingerprint density at radius 1 is 1.88 bits per heavy atom. The van der Waals surface area contributed by atoms with Crippen LogP contribution in [-0.2, 0) is 4.57 Å². The molecule has 2 nitrogen and oxygen atoms in total. The molecule has 42 valence electrons. The Morgan fingerprint density at radius 3 is 2.25 bits per heavy atom. The van der Waals surface area contributed by atoms with E-state index in [1.165, 1.54) is 0 Å². The Bertz CT molecular complexity index is 97.3. The van der Waals surface area contributed by atoms with E-state index in [2.05, 4.69) is 6.58 Å². The van der Waals surface area contributed by atoms with E-state index < -0.39 is 13.9 Å². The predicted molar refractivity (Wildman–Crippen MR) is 24.1 cm³/mol. The van der Waals surface area contributed by atoms with Crippen LogP contribution in [0.1, 0.15) is 0 Å². The van der Waals surface area contributed by atoms with E-state index in [4.69, 9.17) is 0 Å². The maximum Gasteiger partial charge on any atom is 1.00 e. The number of alkyl halides is 1. The minimum Gasteiger partial charge on any atom is -0.799 e. The minimum absolute atomic E-state index is 0. The molecule has 8 heavy (non-hydrogen) atoms. The normalized spacial score (nSPS) is 15.8. The molecule has 0 aromatic heterocycles. The smallest absolute Gasteiger partial charge is 0.799 e. The van der Waals surface area contributed by atoms with Crippen molar-refractivity contribution in [2.75, 3.05) is 0 Å². The summed E-state index contributed by atoms with van der Waals surface area (Å²) in [6.07, 6.45) is 0.744. The fraction of sp³-hybridized carbons (Fsp3) is 0.333. The minimum atomic E-state index is -3.25. The molecule has 2 atom stereocenters. The van der Waals surface area contributed by atoms with Gasteiger partial charge in [-0.25, -0.2) is 4.39 Å². The van der Waals surface area contributed by atoms with Crippen molar-refractivity contribution in [3.05, 3.63) is 12.7 Å². The zero-order valence-corrected chi connectivity index (χ0v) is 8.68. The van der Waals surface area contributed by atoms with Gasteiger partial charge in [-0.05, 0) is 0 Å². The number of hydrogen-bond acceptors (Lipinski definition) is 2. The summed E-state index contributed by atoms with van der Waals surface area (Å²) >= 11 is 0. The fourth-order valence-corrected chi connectivity index (χ4v) is 0.289. The predicted octanol–water partition coefficient (Wildman–Crippen LogP) is -2.69. The average molecular weight is 162 g/mol. The van der Waals surface area contributed by atoms with Gasteiger partial charge in [0.15, 0.2) is 5.91 Å². The first kappa shape index (κ1) is 12.2. The van der Waals surface area contributed by atoms with Crippen molar-refractivity contribution in [3.8, 4) is 0 Å². The molecule has 0 amide bonds. The summed E-state index contributed by atoms with van der Waals surface area (Å²) in [5, 5.41) is 0. The van der Waals surface area contributed by atoms with E-state index >= 15 is 0 Å². The molecule has 0 spiro atoms. The third-order valence-electron chi connectivity index (χ3n) is 0.432. The Balaban J connectivity index is 0. The summed E-state index contributed by atoms with van der Waals surface area (Å²) in [7, 11) is -3.25. The Labute approximate surface area is 90.5 Å². The molecule has 5 heteroatoms. The number of hydrogen-bond donors (Lipinski definition) is 0. The Morgan fingerprint density at radius 2 is 2.25 bits per heavy atom. The largest absolute Gasteiger partial charge is 1.00 e. The van der Waals surface area contributed by atoms with Crippen LogP contribution in [0, 0.1) is 0 Å². The zero-order chi connectivity index (χ0) is 5.86. The topological polar surface area (TPSA) is 40.1 Å². The van der Waals surface area contributed by atoms with Gasteiger partial charge in [0.1, 0.15) is 0 Å². The number of halogens is 1. The van der Waals surface area contributed by atoms with Crippen LogP contribution in [0.25, 0.3) is 0 Å². The zero-order valence-electron chi connectivity index (χ0n) is 4.56. The third kappa shape index (κ3) is 5.63. The maximum atomic E-state index is 11.6. The van der Waals surface area contributed by atoms with E-state index in [1.54, 1.807) is 0 Å². The van der Waals surface area contributed by atoms with E-state index in [0.29, 0.717) is 0 Å². The average Bonchev–Trinajstić information content (AvgIpc) is 1.65. The van der Waals surface area contributed by atoms with Crippen LogP contribution in [-0.4, -0.2) is 5.91 Å². The first-order chi connectivity index (χ1) is 3.18. The van der Waals surface area contributed by atoms with Gasteiger partial charge >= 0.3 is 51.4 Å². The molecule has 0 N–H and O–H groups in total. The molecule has 0 saturated carbocycles. The molecule has 0 rings (SSSR count). The summed E-state index contributed by atoms with van der Waals surface area (Å²) in [6, 6.07) is 0. The summed E-state index contributed by atoms with van der Waals surface area (Å²) in [5.74, 6) is -1.84. The Kier molecular flexibility index (Phi) is 10.1. The molecule has 0 aromatic carbocycles. The molecular weight excluding hydrogens is 157 g/mol. The van der Waals surface area contributed by atoms with Crippen LogP contribution in [0.5, 0.6) is 0 Å². The van der Waals surface area contributed by atoms with Crippen LogP contribution in [0.15, 0.2) is 12.7 Å². The van der Waals surface area contributed by atoms with Crippen LogP contribution in [0.2, 0.25) is 0 Å². The second-order valence-electron chi connectivity index (χ2n) is 0.957. The van der Waals surface area contributed by atoms with Gasteiger partial charge in [0.05, 0.1) is 0 Å². The summed E-state index contributed by atoms with van der Waals surface area (Å²) in [4.78, 5) is 9.56. The molecule has 0 bridgehead atoms. The molecule has 0 aliphatic heterocycles. The molecule has 0 fully saturated rings. The van der Waals surface area contributed by atoms with Crippen LogP contribution in [0.4, 0.5) is 4.39 Å². The van der Waals surface area contributed by atoms with Crippen molar-refractivity contribution in [3.63, 3.8) is 0 Å². The standard InChI is InChI=1S/C3H6FO2P.K/c1-2-3(4)7(5)6;/h2-3,7H,1H2,(H,5,6);/q;+1/p-1. The van der Waals surface area contributed by atoms with Crippen LogP contribution < -0.4 is 56.3 Å². The SMILES string of the molecule is C=CC(F)[PH](=O)[O-].[K+]. The molecular formula is C3H5FKO2P.